The number of rotatable bonds is 5. The lowest BCUT2D eigenvalue weighted by molar-refractivity contribution is -0.121. The summed E-state index contributed by atoms with van der Waals surface area (Å²) in [5, 5.41) is 5.81. The van der Waals surface area contributed by atoms with Gasteiger partial charge in [-0.15, -0.1) is 0 Å². The van der Waals surface area contributed by atoms with Gasteiger partial charge < -0.3 is 16.1 Å². The van der Waals surface area contributed by atoms with Gasteiger partial charge in [-0.2, -0.15) is 0 Å². The van der Waals surface area contributed by atoms with Gasteiger partial charge in [-0.1, -0.05) is 20.8 Å². The minimum absolute atomic E-state index is 0.0781. The quantitative estimate of drug-likeness (QED) is 0.474. The Labute approximate surface area is 119 Å². The number of nitrogens with one attached hydrogen (secondary N) is 3. The second-order valence-corrected chi connectivity index (χ2v) is 5.62. The van der Waals surface area contributed by atoms with Crippen LogP contribution in [0.4, 0.5) is 11.6 Å². The van der Waals surface area contributed by atoms with Crippen LogP contribution in [0.25, 0.3) is 0 Å². The summed E-state index contributed by atoms with van der Waals surface area (Å²) in [6.45, 7) is 10.3. The highest BCUT2D eigenvalue weighted by Crippen LogP contribution is 2.22. The standard InChI is InChI=1S/C13H24N6O/c1-6-15-11(20)8(2)16-9-7-10(19-14)18-12(17-9)13(3,4)5/h7-8H,6,14H2,1-5H3,(H,15,20)(H2,16,17,18,19). The predicted molar refractivity (Wildman–Crippen MR) is 80.3 cm³/mol. The molecule has 1 aromatic heterocycles. The zero-order valence-corrected chi connectivity index (χ0v) is 12.7. The number of amides is 1. The number of carbonyl (C=O) groups is 1. The third kappa shape index (κ3) is 4.34. The number of hydrogen-bond acceptors (Lipinski definition) is 6. The van der Waals surface area contributed by atoms with E-state index in [1.54, 1.807) is 13.0 Å². The van der Waals surface area contributed by atoms with Crippen molar-refractivity contribution in [2.45, 2.75) is 46.1 Å². The maximum Gasteiger partial charge on any atom is 0.242 e. The molecule has 0 radical (unpaired) electrons. The number of nitrogens with zero attached hydrogens (tertiary/aromatic N) is 2. The summed E-state index contributed by atoms with van der Waals surface area (Å²) in [7, 11) is 0. The Morgan fingerprint density at radius 1 is 1.35 bits per heavy atom. The lowest BCUT2D eigenvalue weighted by Crippen LogP contribution is -2.37. The molecule has 112 valence electrons. The van der Waals surface area contributed by atoms with Crippen LogP contribution in [0.1, 0.15) is 40.4 Å². The molecule has 1 rings (SSSR count). The van der Waals surface area contributed by atoms with E-state index in [0.29, 0.717) is 24.0 Å². The van der Waals surface area contributed by atoms with E-state index in [-0.39, 0.29) is 17.4 Å². The highest BCUT2D eigenvalue weighted by Gasteiger charge is 2.20. The first-order valence-corrected chi connectivity index (χ1v) is 6.68. The van der Waals surface area contributed by atoms with Crippen molar-refractivity contribution in [1.82, 2.24) is 15.3 Å². The smallest absolute Gasteiger partial charge is 0.242 e. The number of aromatic nitrogens is 2. The Morgan fingerprint density at radius 3 is 2.45 bits per heavy atom. The molecule has 1 aromatic rings. The van der Waals surface area contributed by atoms with Crippen molar-refractivity contribution in [3.63, 3.8) is 0 Å². The van der Waals surface area contributed by atoms with E-state index in [9.17, 15) is 4.79 Å². The van der Waals surface area contributed by atoms with E-state index < -0.39 is 0 Å². The predicted octanol–water partition coefficient (Wildman–Crippen LogP) is 0.996. The molecule has 0 aliphatic carbocycles. The molecule has 1 unspecified atom stereocenters. The summed E-state index contributed by atoms with van der Waals surface area (Å²) in [6.07, 6.45) is 0. The van der Waals surface area contributed by atoms with Gasteiger partial charge in [-0.25, -0.2) is 15.8 Å². The van der Waals surface area contributed by atoms with Gasteiger partial charge in [0.25, 0.3) is 0 Å². The van der Waals surface area contributed by atoms with Gasteiger partial charge in [-0.05, 0) is 13.8 Å². The SMILES string of the molecule is CCNC(=O)C(C)Nc1cc(NN)nc(C(C)(C)C)n1. The molecule has 1 amide bonds. The van der Waals surface area contributed by atoms with Crippen molar-refractivity contribution >= 4 is 17.5 Å². The number of anilines is 2. The normalized spacial score (nSPS) is 12.7. The van der Waals surface area contributed by atoms with E-state index in [0.717, 1.165) is 0 Å². The van der Waals surface area contributed by atoms with Crippen LogP contribution >= 0.6 is 0 Å². The summed E-state index contributed by atoms with van der Waals surface area (Å²) in [4.78, 5) is 20.5. The van der Waals surface area contributed by atoms with E-state index >= 15 is 0 Å². The van der Waals surface area contributed by atoms with Gasteiger partial charge in [0, 0.05) is 18.0 Å². The molecule has 0 saturated carbocycles. The fourth-order valence-electron chi connectivity index (χ4n) is 1.55. The van der Waals surface area contributed by atoms with E-state index in [2.05, 4.69) is 26.0 Å². The molecule has 0 saturated heterocycles. The van der Waals surface area contributed by atoms with Crippen LogP contribution in [0.3, 0.4) is 0 Å². The molecule has 0 aromatic carbocycles. The Balaban J connectivity index is 2.97. The number of nitrogen functional groups attached to an aromatic ring is 1. The summed E-state index contributed by atoms with van der Waals surface area (Å²) in [5.74, 6) is 7.07. The van der Waals surface area contributed by atoms with Crippen molar-refractivity contribution in [3.05, 3.63) is 11.9 Å². The molecule has 7 nitrogen and oxygen atoms in total. The Kier molecular flexibility index (Phi) is 5.26. The monoisotopic (exact) mass is 280 g/mol. The van der Waals surface area contributed by atoms with Crippen molar-refractivity contribution in [2.75, 3.05) is 17.3 Å². The van der Waals surface area contributed by atoms with Crippen molar-refractivity contribution in [1.29, 1.82) is 0 Å². The van der Waals surface area contributed by atoms with Gasteiger partial charge in [0.2, 0.25) is 5.91 Å². The average molecular weight is 280 g/mol. The maximum absolute atomic E-state index is 11.7. The molecule has 1 atom stereocenters. The minimum atomic E-state index is -0.386. The zero-order valence-electron chi connectivity index (χ0n) is 12.7. The van der Waals surface area contributed by atoms with Crippen LogP contribution in [0, 0.1) is 0 Å². The molecule has 0 fully saturated rings. The molecule has 0 bridgehead atoms. The first kappa shape index (κ1) is 16.2. The third-order valence-corrected chi connectivity index (χ3v) is 2.65. The molecule has 1 heterocycles. The van der Waals surface area contributed by atoms with Crippen LogP contribution in [0.5, 0.6) is 0 Å². The van der Waals surface area contributed by atoms with Crippen LogP contribution in [0.15, 0.2) is 6.07 Å². The van der Waals surface area contributed by atoms with Crippen molar-refractivity contribution in [3.8, 4) is 0 Å². The largest absolute Gasteiger partial charge is 0.358 e. The summed E-state index contributed by atoms with van der Waals surface area (Å²) < 4.78 is 0. The Hall–Kier alpha value is -1.89. The molecule has 0 spiro atoms. The second-order valence-electron chi connectivity index (χ2n) is 5.62. The van der Waals surface area contributed by atoms with E-state index in [1.165, 1.54) is 0 Å². The van der Waals surface area contributed by atoms with Crippen molar-refractivity contribution < 1.29 is 4.79 Å². The van der Waals surface area contributed by atoms with E-state index in [4.69, 9.17) is 5.84 Å². The molecule has 0 aliphatic rings. The Bertz CT molecular complexity index is 468. The molecular formula is C13H24N6O. The molecule has 7 heteroatoms. The molecule has 5 N–H and O–H groups in total. The molecular weight excluding hydrogens is 256 g/mol. The van der Waals surface area contributed by atoms with Gasteiger partial charge in [0.1, 0.15) is 23.5 Å². The van der Waals surface area contributed by atoms with Crippen LogP contribution in [-0.4, -0.2) is 28.5 Å². The lowest BCUT2D eigenvalue weighted by atomic mass is 9.96. The number of hydrogen-bond donors (Lipinski definition) is 4. The fourth-order valence-corrected chi connectivity index (χ4v) is 1.55. The number of likely N-dealkylation sites (N-methyl/N-ethyl adjacent to an activating group) is 1. The highest BCUT2D eigenvalue weighted by molar-refractivity contribution is 5.83. The first-order valence-electron chi connectivity index (χ1n) is 6.68. The van der Waals surface area contributed by atoms with E-state index in [1.807, 2.05) is 27.7 Å². The van der Waals surface area contributed by atoms with Crippen LogP contribution in [0.2, 0.25) is 0 Å². The van der Waals surface area contributed by atoms with Crippen LogP contribution in [-0.2, 0) is 10.2 Å². The van der Waals surface area contributed by atoms with Crippen LogP contribution < -0.4 is 21.9 Å². The topological polar surface area (TPSA) is 105 Å². The molecule has 20 heavy (non-hydrogen) atoms. The average Bonchev–Trinajstić information content (AvgIpc) is 2.37. The van der Waals surface area contributed by atoms with Gasteiger partial charge in [0.05, 0.1) is 0 Å². The summed E-state index contributed by atoms with van der Waals surface area (Å²) in [5.41, 5.74) is 2.31. The first-order chi connectivity index (χ1) is 9.27. The zero-order chi connectivity index (χ0) is 15.3. The van der Waals surface area contributed by atoms with Gasteiger partial charge in [-0.3, -0.25) is 4.79 Å². The van der Waals surface area contributed by atoms with Crippen molar-refractivity contribution in [2.24, 2.45) is 5.84 Å². The summed E-state index contributed by atoms with van der Waals surface area (Å²) >= 11 is 0. The number of nitrogens with two attached hydrogens (primary N) is 1. The van der Waals surface area contributed by atoms with Gasteiger partial charge in [0.15, 0.2) is 0 Å². The second kappa shape index (κ2) is 6.51. The number of carbonyl (C=O) groups excluding carboxylic acids is 1. The minimum Gasteiger partial charge on any atom is -0.358 e. The third-order valence-electron chi connectivity index (χ3n) is 2.65. The Morgan fingerprint density at radius 2 is 1.95 bits per heavy atom. The lowest BCUT2D eigenvalue weighted by Gasteiger charge is -2.20. The number of hydrazine groups is 1. The highest BCUT2D eigenvalue weighted by atomic mass is 16.2. The fraction of sp³-hybridized carbons (Fsp3) is 0.615. The molecule has 0 aliphatic heterocycles. The summed E-state index contributed by atoms with van der Waals surface area (Å²) in [6, 6.07) is 1.29. The maximum atomic E-state index is 11.7. The van der Waals surface area contributed by atoms with Gasteiger partial charge >= 0.3 is 0 Å².